The van der Waals surface area contributed by atoms with E-state index >= 15 is 0 Å². The molecule has 1 N–H and O–H groups in total. The number of ether oxygens (including phenoxy) is 2. The van der Waals surface area contributed by atoms with Gasteiger partial charge in [-0.15, -0.1) is 0 Å². The first-order valence-electron chi connectivity index (χ1n) is 7.77. The van der Waals surface area contributed by atoms with E-state index in [2.05, 4.69) is 0 Å². The molecule has 0 unspecified atom stereocenters. The van der Waals surface area contributed by atoms with Crippen molar-refractivity contribution < 1.29 is 19.4 Å². The molecule has 3 rings (SSSR count). The summed E-state index contributed by atoms with van der Waals surface area (Å²) in [5, 5.41) is 9.68. The molecule has 1 saturated heterocycles. The highest BCUT2D eigenvalue weighted by Gasteiger charge is 2.32. The van der Waals surface area contributed by atoms with Crippen LogP contribution in [0.3, 0.4) is 0 Å². The monoisotopic (exact) mass is 387 g/mol. The lowest BCUT2D eigenvalue weighted by atomic mass is 10.1. The zero-order valence-electron chi connectivity index (χ0n) is 14.3. The van der Waals surface area contributed by atoms with Gasteiger partial charge in [0.25, 0.3) is 5.91 Å². The molecule has 1 aliphatic heterocycles. The van der Waals surface area contributed by atoms with Crippen LogP contribution in [0.4, 0.5) is 0 Å². The van der Waals surface area contributed by atoms with E-state index in [0.717, 1.165) is 16.9 Å². The fourth-order valence-electron chi connectivity index (χ4n) is 2.49. The molecule has 7 heteroatoms. The van der Waals surface area contributed by atoms with Crippen molar-refractivity contribution in [3.05, 3.63) is 58.5 Å². The first-order valence-corrected chi connectivity index (χ1v) is 8.99. The Bertz CT molecular complexity index is 878. The fourth-order valence-corrected chi connectivity index (χ4v) is 3.74. The largest absolute Gasteiger partial charge is 0.504 e. The number of thioether (sulfide) groups is 1. The van der Waals surface area contributed by atoms with Crippen molar-refractivity contribution in [1.29, 1.82) is 0 Å². The number of aromatic hydroxyl groups is 1. The van der Waals surface area contributed by atoms with Gasteiger partial charge >= 0.3 is 0 Å². The fraction of sp³-hybridized carbons (Fsp3) is 0.158. The number of amides is 1. The number of methoxy groups -OCH3 is 2. The molecule has 1 aliphatic rings. The van der Waals surface area contributed by atoms with Gasteiger partial charge in [-0.05, 0) is 41.5 Å². The molecular weight excluding hydrogens is 370 g/mol. The van der Waals surface area contributed by atoms with E-state index in [-0.39, 0.29) is 11.7 Å². The Hall–Kier alpha value is -2.51. The first-order chi connectivity index (χ1) is 12.5. The van der Waals surface area contributed by atoms with Crippen molar-refractivity contribution in [3.63, 3.8) is 0 Å². The average Bonchev–Trinajstić information content (AvgIpc) is 2.91. The molecule has 2 aromatic rings. The quantitative estimate of drug-likeness (QED) is 0.622. The number of hydrogen-bond acceptors (Lipinski definition) is 6. The van der Waals surface area contributed by atoms with Gasteiger partial charge in [0, 0.05) is 0 Å². The summed E-state index contributed by atoms with van der Waals surface area (Å²) in [5.74, 6) is 1.03. The third-order valence-electron chi connectivity index (χ3n) is 3.87. The zero-order valence-corrected chi connectivity index (χ0v) is 15.9. The number of hydrogen-bond donors (Lipinski definition) is 1. The van der Waals surface area contributed by atoms with Gasteiger partial charge < -0.3 is 14.6 Å². The lowest BCUT2D eigenvalue weighted by molar-refractivity contribution is -0.122. The Morgan fingerprint density at radius 2 is 1.88 bits per heavy atom. The van der Waals surface area contributed by atoms with Crippen LogP contribution < -0.4 is 9.47 Å². The number of carbonyl (C=O) groups excluding carboxylic acids is 1. The molecule has 0 atom stereocenters. The number of carbonyl (C=O) groups is 1. The summed E-state index contributed by atoms with van der Waals surface area (Å²) in [5.41, 5.74) is 1.72. The van der Waals surface area contributed by atoms with Crippen molar-refractivity contribution in [1.82, 2.24) is 4.90 Å². The predicted octanol–water partition coefficient (Wildman–Crippen LogP) is 3.81. The number of phenolic OH excluding ortho intramolecular Hbond substituents is 1. The van der Waals surface area contributed by atoms with Gasteiger partial charge in [0.1, 0.15) is 10.1 Å². The van der Waals surface area contributed by atoms with Crippen LogP contribution in [0.25, 0.3) is 6.08 Å². The van der Waals surface area contributed by atoms with E-state index in [1.807, 2.05) is 24.3 Å². The molecule has 134 valence electrons. The number of thiocarbonyl (C=S) groups is 1. The van der Waals surface area contributed by atoms with Gasteiger partial charge in [-0.2, -0.15) is 0 Å². The van der Waals surface area contributed by atoms with E-state index in [1.54, 1.807) is 30.2 Å². The normalized spacial score (nSPS) is 15.6. The molecule has 1 fully saturated rings. The van der Waals surface area contributed by atoms with E-state index in [9.17, 15) is 9.90 Å². The Kier molecular flexibility index (Phi) is 5.49. The summed E-state index contributed by atoms with van der Waals surface area (Å²) < 4.78 is 10.8. The molecule has 0 saturated carbocycles. The third-order valence-corrected chi connectivity index (χ3v) is 5.25. The van der Waals surface area contributed by atoms with Crippen LogP contribution in [0.15, 0.2) is 47.4 Å². The summed E-state index contributed by atoms with van der Waals surface area (Å²) in [6.07, 6.45) is 1.75. The van der Waals surface area contributed by atoms with Crippen molar-refractivity contribution in [2.24, 2.45) is 0 Å². The van der Waals surface area contributed by atoms with Crippen molar-refractivity contribution in [3.8, 4) is 17.2 Å². The van der Waals surface area contributed by atoms with Gasteiger partial charge in [0.05, 0.1) is 25.7 Å². The smallest absolute Gasteiger partial charge is 0.266 e. The van der Waals surface area contributed by atoms with Crippen LogP contribution in [-0.4, -0.2) is 34.5 Å². The second-order valence-electron chi connectivity index (χ2n) is 5.55. The molecule has 0 aromatic heterocycles. The summed E-state index contributed by atoms with van der Waals surface area (Å²) >= 11 is 6.63. The molecule has 1 amide bonds. The number of benzene rings is 2. The second-order valence-corrected chi connectivity index (χ2v) is 7.22. The third kappa shape index (κ3) is 3.84. The Labute approximate surface area is 161 Å². The maximum Gasteiger partial charge on any atom is 0.266 e. The summed E-state index contributed by atoms with van der Waals surface area (Å²) in [4.78, 5) is 14.8. The van der Waals surface area contributed by atoms with Crippen LogP contribution in [0.5, 0.6) is 17.2 Å². The highest BCUT2D eigenvalue weighted by Crippen LogP contribution is 2.35. The molecule has 2 aromatic carbocycles. The molecule has 0 bridgehead atoms. The zero-order chi connectivity index (χ0) is 18.7. The minimum absolute atomic E-state index is 0.0525. The van der Waals surface area contributed by atoms with Gasteiger partial charge in [-0.3, -0.25) is 9.69 Å². The van der Waals surface area contributed by atoms with Crippen LogP contribution in [0.2, 0.25) is 0 Å². The van der Waals surface area contributed by atoms with E-state index in [0.29, 0.717) is 21.5 Å². The summed E-state index contributed by atoms with van der Waals surface area (Å²) in [6, 6.07) is 12.4. The molecule has 0 aliphatic carbocycles. The van der Waals surface area contributed by atoms with Gasteiger partial charge in [-0.25, -0.2) is 0 Å². The van der Waals surface area contributed by atoms with E-state index < -0.39 is 0 Å². The number of rotatable bonds is 5. The highest BCUT2D eigenvalue weighted by atomic mass is 32.2. The van der Waals surface area contributed by atoms with Gasteiger partial charge in [0.15, 0.2) is 11.5 Å². The molecule has 26 heavy (non-hydrogen) atoms. The molecule has 0 spiro atoms. The number of phenols is 1. The minimum atomic E-state index is -0.136. The highest BCUT2D eigenvalue weighted by molar-refractivity contribution is 8.26. The predicted molar refractivity (Wildman–Crippen MR) is 106 cm³/mol. The van der Waals surface area contributed by atoms with Crippen LogP contribution >= 0.6 is 24.0 Å². The lowest BCUT2D eigenvalue weighted by Crippen LogP contribution is -2.27. The van der Waals surface area contributed by atoms with Crippen molar-refractivity contribution in [2.45, 2.75) is 6.54 Å². The second kappa shape index (κ2) is 7.80. The van der Waals surface area contributed by atoms with E-state index in [1.165, 1.54) is 24.9 Å². The van der Waals surface area contributed by atoms with Crippen LogP contribution in [0.1, 0.15) is 11.1 Å². The average molecular weight is 387 g/mol. The lowest BCUT2D eigenvalue weighted by Gasteiger charge is -2.14. The maximum atomic E-state index is 12.7. The van der Waals surface area contributed by atoms with Crippen LogP contribution in [-0.2, 0) is 11.3 Å². The number of nitrogens with zero attached hydrogens (tertiary/aromatic N) is 1. The maximum absolute atomic E-state index is 12.7. The Morgan fingerprint density at radius 1 is 1.15 bits per heavy atom. The topological polar surface area (TPSA) is 59.0 Å². The molecular formula is C19H17NO4S2. The summed E-state index contributed by atoms with van der Waals surface area (Å²) in [7, 11) is 3.09. The van der Waals surface area contributed by atoms with Gasteiger partial charge in [0.2, 0.25) is 0 Å². The minimum Gasteiger partial charge on any atom is -0.504 e. The first kappa shape index (κ1) is 18.3. The standard InChI is InChI=1S/C19H17NO4S2/c1-23-14-6-3-12(4-7-14)11-20-18(22)17(26-19(20)25)10-13-5-8-15(21)16(9-13)24-2/h3-10,21H,11H2,1-2H3/b17-10+. The van der Waals surface area contributed by atoms with E-state index in [4.69, 9.17) is 21.7 Å². The van der Waals surface area contributed by atoms with Crippen molar-refractivity contribution in [2.75, 3.05) is 14.2 Å². The molecule has 5 nitrogen and oxygen atoms in total. The Morgan fingerprint density at radius 3 is 2.54 bits per heavy atom. The van der Waals surface area contributed by atoms with Gasteiger partial charge in [-0.1, -0.05) is 42.2 Å². The summed E-state index contributed by atoms with van der Waals surface area (Å²) in [6.45, 7) is 0.408. The Balaban J connectivity index is 1.79. The van der Waals surface area contributed by atoms with Crippen molar-refractivity contribution >= 4 is 40.3 Å². The molecule has 1 heterocycles. The van der Waals surface area contributed by atoms with Crippen LogP contribution in [0, 0.1) is 0 Å². The SMILES string of the molecule is COc1ccc(CN2C(=O)/C(=C\c3ccc(O)c(OC)c3)SC2=S)cc1. The molecule has 0 radical (unpaired) electrons.